The van der Waals surface area contributed by atoms with Crippen LogP contribution < -0.4 is 10.6 Å². The van der Waals surface area contributed by atoms with Crippen molar-refractivity contribution in [1.82, 2.24) is 15.7 Å². The van der Waals surface area contributed by atoms with Gasteiger partial charge >= 0.3 is 6.03 Å². The van der Waals surface area contributed by atoms with Gasteiger partial charge in [0.2, 0.25) is 0 Å². The van der Waals surface area contributed by atoms with Gasteiger partial charge in [-0.15, -0.1) is 0 Å². The van der Waals surface area contributed by atoms with Crippen molar-refractivity contribution in [3.63, 3.8) is 0 Å². The molecule has 1 aromatic rings. The van der Waals surface area contributed by atoms with Gasteiger partial charge in [0.05, 0.1) is 0 Å². The Kier molecular flexibility index (Phi) is 7.52. The molecule has 0 spiro atoms. The lowest BCUT2D eigenvalue weighted by atomic mass is 9.74. The molecule has 1 saturated heterocycles. The second-order valence-corrected chi connectivity index (χ2v) is 9.07. The van der Waals surface area contributed by atoms with E-state index in [4.69, 9.17) is 4.84 Å². The molecule has 0 saturated carbocycles. The summed E-state index contributed by atoms with van der Waals surface area (Å²) in [6, 6.07) is 10.5. The number of urea groups is 1. The molecule has 0 radical (unpaired) electrons. The lowest BCUT2D eigenvalue weighted by Gasteiger charge is -2.57. The third-order valence-corrected chi connectivity index (χ3v) is 5.96. The topological polar surface area (TPSA) is 53.6 Å². The van der Waals surface area contributed by atoms with Gasteiger partial charge in [-0.05, 0) is 65.9 Å². The van der Waals surface area contributed by atoms with Crippen molar-refractivity contribution >= 4 is 6.03 Å². The van der Waals surface area contributed by atoms with E-state index in [0.717, 1.165) is 25.7 Å². The number of rotatable bonds is 7. The van der Waals surface area contributed by atoms with E-state index in [1.165, 1.54) is 5.56 Å². The minimum atomic E-state index is -0.191. The number of amides is 2. The van der Waals surface area contributed by atoms with Crippen molar-refractivity contribution in [3.8, 4) is 0 Å². The fourth-order valence-corrected chi connectivity index (χ4v) is 4.56. The Morgan fingerprint density at radius 1 is 1.14 bits per heavy atom. The van der Waals surface area contributed by atoms with Gasteiger partial charge in [-0.2, -0.15) is 5.06 Å². The number of hydrogen-bond donors (Lipinski definition) is 2. The van der Waals surface area contributed by atoms with Crippen molar-refractivity contribution in [2.75, 3.05) is 0 Å². The van der Waals surface area contributed by atoms with E-state index in [1.54, 1.807) is 0 Å². The fourth-order valence-electron chi connectivity index (χ4n) is 4.56. The standard InChI is InChI=1S/C23H39N3O2/c1-8-23(9-2)16-20(25-21(27)24-17(3)4)15-22(6,7)26(23)28-18(5)19-13-11-10-12-14-19/h10-14,17-18,20H,8-9,15-16H2,1-7H3,(H2,24,25,27). The second kappa shape index (κ2) is 9.27. The van der Waals surface area contributed by atoms with Gasteiger partial charge in [0.15, 0.2) is 0 Å². The zero-order valence-electron chi connectivity index (χ0n) is 18.7. The molecule has 5 nitrogen and oxygen atoms in total. The fraction of sp³-hybridized carbons (Fsp3) is 0.696. The van der Waals surface area contributed by atoms with Gasteiger partial charge in [0.25, 0.3) is 0 Å². The highest BCUT2D eigenvalue weighted by Gasteiger charge is 2.50. The van der Waals surface area contributed by atoms with Crippen LogP contribution in [0.2, 0.25) is 0 Å². The number of hydrogen-bond acceptors (Lipinski definition) is 3. The average molecular weight is 390 g/mol. The minimum Gasteiger partial charge on any atom is -0.336 e. The lowest BCUT2D eigenvalue weighted by molar-refractivity contribution is -0.316. The first-order valence-corrected chi connectivity index (χ1v) is 10.7. The Bertz CT molecular complexity index is 626. The molecule has 1 aromatic carbocycles. The number of nitrogens with one attached hydrogen (secondary N) is 2. The molecule has 5 heteroatoms. The van der Waals surface area contributed by atoms with Gasteiger partial charge in [-0.1, -0.05) is 44.2 Å². The first-order chi connectivity index (χ1) is 13.1. The largest absolute Gasteiger partial charge is 0.336 e. The molecule has 1 aliphatic rings. The summed E-state index contributed by atoms with van der Waals surface area (Å²) in [6.07, 6.45) is 3.65. The maximum atomic E-state index is 12.3. The molecule has 2 amide bonds. The molecule has 1 fully saturated rings. The van der Waals surface area contributed by atoms with Crippen LogP contribution in [0.25, 0.3) is 0 Å². The Morgan fingerprint density at radius 3 is 2.29 bits per heavy atom. The first kappa shape index (κ1) is 22.7. The molecule has 2 N–H and O–H groups in total. The molecule has 2 unspecified atom stereocenters. The van der Waals surface area contributed by atoms with Crippen LogP contribution in [0.5, 0.6) is 0 Å². The number of carbonyl (C=O) groups excluding carboxylic acids is 1. The Morgan fingerprint density at radius 2 is 1.75 bits per heavy atom. The maximum absolute atomic E-state index is 12.3. The van der Waals surface area contributed by atoms with E-state index in [1.807, 2.05) is 19.9 Å². The van der Waals surface area contributed by atoms with Crippen LogP contribution in [0, 0.1) is 0 Å². The molecule has 1 heterocycles. The summed E-state index contributed by atoms with van der Waals surface area (Å²) in [5.41, 5.74) is 0.875. The smallest absolute Gasteiger partial charge is 0.315 e. The quantitative estimate of drug-likeness (QED) is 0.675. The van der Waals surface area contributed by atoms with Gasteiger partial charge in [-0.3, -0.25) is 4.84 Å². The summed E-state index contributed by atoms with van der Waals surface area (Å²) in [5.74, 6) is 0. The molecule has 2 rings (SSSR count). The molecule has 0 aliphatic carbocycles. The zero-order chi connectivity index (χ0) is 20.9. The van der Waals surface area contributed by atoms with Crippen LogP contribution in [-0.4, -0.2) is 34.3 Å². The second-order valence-electron chi connectivity index (χ2n) is 9.07. The first-order valence-electron chi connectivity index (χ1n) is 10.7. The Balaban J connectivity index is 2.22. The van der Waals surface area contributed by atoms with Gasteiger partial charge in [0.1, 0.15) is 6.10 Å². The third kappa shape index (κ3) is 5.26. The molecule has 1 aliphatic heterocycles. The van der Waals surface area contributed by atoms with Crippen molar-refractivity contribution in [1.29, 1.82) is 0 Å². The predicted octanol–water partition coefficient (Wildman–Crippen LogP) is 5.19. The highest BCUT2D eigenvalue weighted by Crippen LogP contribution is 2.44. The number of benzene rings is 1. The third-order valence-electron chi connectivity index (χ3n) is 5.96. The SMILES string of the molecule is CCC1(CC)CC(NC(=O)NC(C)C)CC(C)(C)N1OC(C)c1ccccc1. The van der Waals surface area contributed by atoms with Crippen LogP contribution in [-0.2, 0) is 4.84 Å². The van der Waals surface area contributed by atoms with Crippen LogP contribution in [0.15, 0.2) is 30.3 Å². The highest BCUT2D eigenvalue weighted by atomic mass is 16.7. The lowest BCUT2D eigenvalue weighted by Crippen LogP contribution is -2.66. The van der Waals surface area contributed by atoms with E-state index in [2.05, 4.69) is 74.6 Å². The summed E-state index contributed by atoms with van der Waals surface area (Å²) in [6.45, 7) is 15.0. The van der Waals surface area contributed by atoms with Gasteiger partial charge in [-0.25, -0.2) is 4.79 Å². The van der Waals surface area contributed by atoms with Crippen molar-refractivity contribution in [2.24, 2.45) is 0 Å². The Hall–Kier alpha value is -1.59. The molecule has 158 valence electrons. The molecular weight excluding hydrogens is 350 g/mol. The van der Waals surface area contributed by atoms with Crippen molar-refractivity contribution < 1.29 is 9.63 Å². The van der Waals surface area contributed by atoms with Gasteiger partial charge in [0, 0.05) is 23.2 Å². The normalized spacial score (nSPS) is 22.6. The van der Waals surface area contributed by atoms with E-state index in [0.29, 0.717) is 0 Å². The summed E-state index contributed by atoms with van der Waals surface area (Å²) >= 11 is 0. The van der Waals surface area contributed by atoms with Crippen LogP contribution >= 0.6 is 0 Å². The maximum Gasteiger partial charge on any atom is 0.315 e. The highest BCUT2D eigenvalue weighted by molar-refractivity contribution is 5.74. The average Bonchev–Trinajstić information content (AvgIpc) is 2.63. The summed E-state index contributed by atoms with van der Waals surface area (Å²) < 4.78 is 0. The van der Waals surface area contributed by atoms with Crippen molar-refractivity contribution in [2.45, 2.75) is 103 Å². The zero-order valence-corrected chi connectivity index (χ0v) is 18.7. The molecule has 2 atom stereocenters. The number of piperidine rings is 1. The van der Waals surface area contributed by atoms with E-state index in [9.17, 15) is 4.79 Å². The number of nitrogens with zero attached hydrogens (tertiary/aromatic N) is 1. The van der Waals surface area contributed by atoms with E-state index < -0.39 is 0 Å². The monoisotopic (exact) mass is 389 g/mol. The molecule has 0 bridgehead atoms. The predicted molar refractivity (Wildman–Crippen MR) is 115 cm³/mol. The van der Waals surface area contributed by atoms with Crippen molar-refractivity contribution in [3.05, 3.63) is 35.9 Å². The van der Waals surface area contributed by atoms with Gasteiger partial charge < -0.3 is 10.6 Å². The van der Waals surface area contributed by atoms with E-state index in [-0.39, 0.29) is 35.3 Å². The summed E-state index contributed by atoms with van der Waals surface area (Å²) in [5, 5.41) is 8.40. The number of carbonyl (C=O) groups is 1. The summed E-state index contributed by atoms with van der Waals surface area (Å²) in [7, 11) is 0. The summed E-state index contributed by atoms with van der Waals surface area (Å²) in [4.78, 5) is 18.9. The van der Waals surface area contributed by atoms with Crippen LogP contribution in [0.1, 0.15) is 85.8 Å². The van der Waals surface area contributed by atoms with Crippen LogP contribution in [0.4, 0.5) is 4.79 Å². The van der Waals surface area contributed by atoms with E-state index >= 15 is 0 Å². The molecule has 28 heavy (non-hydrogen) atoms. The number of hydroxylamine groups is 2. The minimum absolute atomic E-state index is 0.0216. The Labute approximate surface area is 171 Å². The molecule has 0 aromatic heterocycles. The molecular formula is C23H39N3O2. The van der Waals surface area contributed by atoms with Crippen LogP contribution in [0.3, 0.4) is 0 Å².